The van der Waals surface area contributed by atoms with Crippen molar-refractivity contribution < 1.29 is 4.74 Å². The molecule has 1 aliphatic carbocycles. The molecule has 1 fully saturated rings. The molecule has 0 amide bonds. The number of thiophene rings is 1. The van der Waals surface area contributed by atoms with Gasteiger partial charge in [0.25, 0.3) is 0 Å². The molecule has 0 saturated heterocycles. The van der Waals surface area contributed by atoms with Crippen LogP contribution in [0.2, 0.25) is 4.34 Å². The van der Waals surface area contributed by atoms with Crippen LogP contribution in [0.15, 0.2) is 17.1 Å². The van der Waals surface area contributed by atoms with E-state index in [-0.39, 0.29) is 24.0 Å². The fourth-order valence-corrected chi connectivity index (χ4v) is 3.10. The Kier molecular flexibility index (Phi) is 9.70. The summed E-state index contributed by atoms with van der Waals surface area (Å²) in [7, 11) is 3.85. The average Bonchev–Trinajstić information content (AvgIpc) is 3.21. The van der Waals surface area contributed by atoms with E-state index in [9.17, 15) is 0 Å². The molecule has 4 nitrogen and oxygen atoms in total. The van der Waals surface area contributed by atoms with Gasteiger partial charge < -0.3 is 15.0 Å². The number of halogens is 2. The third-order valence-electron chi connectivity index (χ3n) is 3.48. The molecule has 0 radical (unpaired) electrons. The Bertz CT molecular complexity index is 465. The van der Waals surface area contributed by atoms with Crippen molar-refractivity contribution >= 4 is 52.9 Å². The molecule has 0 aromatic carbocycles. The number of rotatable bonds is 8. The molecule has 0 spiro atoms. The largest absolute Gasteiger partial charge is 0.379 e. The van der Waals surface area contributed by atoms with Gasteiger partial charge in [-0.05, 0) is 37.3 Å². The van der Waals surface area contributed by atoms with E-state index in [1.807, 2.05) is 20.2 Å². The Morgan fingerprint density at radius 1 is 1.50 bits per heavy atom. The topological polar surface area (TPSA) is 36.9 Å². The maximum absolute atomic E-state index is 5.93. The van der Waals surface area contributed by atoms with Crippen molar-refractivity contribution in [3.05, 3.63) is 21.3 Å². The van der Waals surface area contributed by atoms with Crippen molar-refractivity contribution in [1.29, 1.82) is 0 Å². The summed E-state index contributed by atoms with van der Waals surface area (Å²) in [5.74, 6) is 1.73. The van der Waals surface area contributed by atoms with E-state index in [1.165, 1.54) is 17.7 Å². The second-order valence-electron chi connectivity index (χ2n) is 5.37. The highest BCUT2D eigenvalue weighted by molar-refractivity contribution is 14.0. The van der Waals surface area contributed by atoms with Crippen LogP contribution in [0.3, 0.4) is 0 Å². The molecule has 1 N–H and O–H groups in total. The van der Waals surface area contributed by atoms with Gasteiger partial charge in [-0.25, -0.2) is 0 Å². The van der Waals surface area contributed by atoms with Crippen molar-refractivity contribution in [3.63, 3.8) is 0 Å². The fourth-order valence-electron chi connectivity index (χ4n) is 2.01. The SMILES string of the molecule is CN=C(NCCc1ccc(Cl)s1)N(C)CCOCC1CC1.I. The van der Waals surface area contributed by atoms with Gasteiger partial charge in [-0.1, -0.05) is 11.6 Å². The number of nitrogens with zero attached hydrogens (tertiary/aromatic N) is 2. The van der Waals surface area contributed by atoms with E-state index in [4.69, 9.17) is 16.3 Å². The van der Waals surface area contributed by atoms with Crippen LogP contribution >= 0.6 is 46.9 Å². The van der Waals surface area contributed by atoms with Crippen LogP contribution in [-0.4, -0.2) is 51.3 Å². The van der Waals surface area contributed by atoms with Crippen LogP contribution in [0, 0.1) is 5.92 Å². The summed E-state index contributed by atoms with van der Waals surface area (Å²) in [6.07, 6.45) is 3.64. The zero-order valence-corrected chi connectivity index (χ0v) is 17.1. The lowest BCUT2D eigenvalue weighted by atomic mass is 10.3. The van der Waals surface area contributed by atoms with E-state index in [0.717, 1.165) is 48.9 Å². The second-order valence-corrected chi connectivity index (χ2v) is 7.17. The fraction of sp³-hybridized carbons (Fsp3) is 0.667. The molecule has 1 heterocycles. The molecule has 1 saturated carbocycles. The zero-order valence-electron chi connectivity index (χ0n) is 13.2. The predicted octanol–water partition coefficient (Wildman–Crippen LogP) is 3.50. The Labute approximate surface area is 159 Å². The maximum atomic E-state index is 5.93. The highest BCUT2D eigenvalue weighted by atomic mass is 127. The van der Waals surface area contributed by atoms with Crippen molar-refractivity contribution in [2.75, 3.05) is 40.4 Å². The molecule has 1 aliphatic rings. The van der Waals surface area contributed by atoms with Crippen LogP contribution < -0.4 is 5.32 Å². The van der Waals surface area contributed by atoms with Crippen LogP contribution in [-0.2, 0) is 11.2 Å². The number of ether oxygens (including phenoxy) is 1. The van der Waals surface area contributed by atoms with Gasteiger partial charge in [-0.3, -0.25) is 4.99 Å². The Morgan fingerprint density at radius 2 is 2.27 bits per heavy atom. The predicted molar refractivity (Wildman–Crippen MR) is 106 cm³/mol. The highest BCUT2D eigenvalue weighted by Gasteiger charge is 2.21. The normalized spacial score (nSPS) is 14.6. The van der Waals surface area contributed by atoms with Crippen molar-refractivity contribution in [3.8, 4) is 0 Å². The van der Waals surface area contributed by atoms with Gasteiger partial charge in [0.15, 0.2) is 5.96 Å². The minimum absolute atomic E-state index is 0. The third-order valence-corrected chi connectivity index (χ3v) is 4.77. The molecule has 7 heteroatoms. The first-order valence-electron chi connectivity index (χ1n) is 7.42. The smallest absolute Gasteiger partial charge is 0.193 e. The standard InChI is InChI=1S/C15H24ClN3OS.HI/c1-17-15(18-8-7-13-5-6-14(16)21-13)19(2)9-10-20-11-12-3-4-12;/h5-6,12H,3-4,7-11H2,1-2H3,(H,17,18);1H. The van der Waals surface area contributed by atoms with E-state index in [0.29, 0.717) is 0 Å². The van der Waals surface area contributed by atoms with Crippen molar-refractivity contribution in [2.24, 2.45) is 10.9 Å². The number of guanidine groups is 1. The van der Waals surface area contributed by atoms with E-state index >= 15 is 0 Å². The van der Waals surface area contributed by atoms with Gasteiger partial charge in [0.05, 0.1) is 10.9 Å². The summed E-state index contributed by atoms with van der Waals surface area (Å²) in [5, 5.41) is 3.37. The molecule has 1 aromatic rings. The molecule has 0 atom stereocenters. The monoisotopic (exact) mass is 457 g/mol. The van der Waals surface area contributed by atoms with Crippen molar-refractivity contribution in [1.82, 2.24) is 10.2 Å². The molecular formula is C15H25ClIN3OS. The molecule has 0 bridgehead atoms. The van der Waals surface area contributed by atoms with Crippen LogP contribution in [0.4, 0.5) is 0 Å². The molecule has 0 unspecified atom stereocenters. The molecule has 126 valence electrons. The minimum Gasteiger partial charge on any atom is -0.379 e. The lowest BCUT2D eigenvalue weighted by Gasteiger charge is -2.21. The Balaban J connectivity index is 0.00000242. The zero-order chi connectivity index (χ0) is 15.1. The summed E-state index contributed by atoms with van der Waals surface area (Å²) >= 11 is 7.56. The lowest BCUT2D eigenvalue weighted by molar-refractivity contribution is 0.115. The summed E-state index contributed by atoms with van der Waals surface area (Å²) in [6, 6.07) is 4.02. The number of nitrogens with one attached hydrogen (secondary N) is 1. The van der Waals surface area contributed by atoms with Crippen molar-refractivity contribution in [2.45, 2.75) is 19.3 Å². The Hall–Kier alpha value is -0.0500. The molecule has 2 rings (SSSR count). The number of hydrogen-bond donors (Lipinski definition) is 1. The van der Waals surface area contributed by atoms with Gasteiger partial charge in [0.2, 0.25) is 0 Å². The van der Waals surface area contributed by atoms with E-state index in [1.54, 1.807) is 11.3 Å². The molecule has 0 aliphatic heterocycles. The quantitative estimate of drug-likeness (QED) is 0.281. The van der Waals surface area contributed by atoms with Crippen LogP contribution in [0.5, 0.6) is 0 Å². The number of hydrogen-bond acceptors (Lipinski definition) is 3. The van der Waals surface area contributed by atoms with Gasteiger partial charge in [-0.2, -0.15) is 0 Å². The highest BCUT2D eigenvalue weighted by Crippen LogP contribution is 2.28. The minimum atomic E-state index is 0. The van der Waals surface area contributed by atoms with Gasteiger partial charge in [0, 0.05) is 38.7 Å². The first-order valence-corrected chi connectivity index (χ1v) is 8.62. The van der Waals surface area contributed by atoms with Crippen LogP contribution in [0.1, 0.15) is 17.7 Å². The van der Waals surface area contributed by atoms with E-state index in [2.05, 4.69) is 21.3 Å². The third kappa shape index (κ3) is 7.48. The Morgan fingerprint density at radius 3 is 2.86 bits per heavy atom. The molecular weight excluding hydrogens is 433 g/mol. The summed E-state index contributed by atoms with van der Waals surface area (Å²) in [5.41, 5.74) is 0. The summed E-state index contributed by atoms with van der Waals surface area (Å²) < 4.78 is 6.51. The first kappa shape index (κ1) is 20.0. The number of likely N-dealkylation sites (N-methyl/N-ethyl adjacent to an activating group) is 1. The summed E-state index contributed by atoms with van der Waals surface area (Å²) in [4.78, 5) is 7.70. The summed E-state index contributed by atoms with van der Waals surface area (Å²) in [6.45, 7) is 3.39. The first-order chi connectivity index (χ1) is 10.2. The van der Waals surface area contributed by atoms with Crippen LogP contribution in [0.25, 0.3) is 0 Å². The maximum Gasteiger partial charge on any atom is 0.193 e. The van der Waals surface area contributed by atoms with Gasteiger partial charge in [-0.15, -0.1) is 35.3 Å². The van der Waals surface area contributed by atoms with Gasteiger partial charge in [0.1, 0.15) is 0 Å². The number of aliphatic imine (C=N–C) groups is 1. The van der Waals surface area contributed by atoms with E-state index < -0.39 is 0 Å². The second kappa shape index (κ2) is 10.7. The molecule has 1 aromatic heterocycles. The molecule has 22 heavy (non-hydrogen) atoms. The lowest BCUT2D eigenvalue weighted by Crippen LogP contribution is -2.41. The average molecular weight is 458 g/mol. The van der Waals surface area contributed by atoms with Gasteiger partial charge >= 0.3 is 0 Å².